The molecule has 2 heterocycles. The fourth-order valence-electron chi connectivity index (χ4n) is 1.67. The summed E-state index contributed by atoms with van der Waals surface area (Å²) in [5, 5.41) is 0. The topological polar surface area (TPSA) is 52.1 Å². The Bertz CT molecular complexity index is 614. The van der Waals surface area contributed by atoms with Crippen molar-refractivity contribution in [3.8, 4) is 16.9 Å². The quantitative estimate of drug-likeness (QED) is 0.624. The van der Waals surface area contributed by atoms with Crippen LogP contribution in [0.2, 0.25) is 0 Å². The van der Waals surface area contributed by atoms with Crippen LogP contribution >= 0.6 is 11.8 Å². The van der Waals surface area contributed by atoms with Crippen molar-refractivity contribution in [3.63, 3.8) is 0 Å². The number of carbonyl (C=O) groups excluding carboxylic acids is 1. The Labute approximate surface area is 122 Å². The van der Waals surface area contributed by atoms with Crippen molar-refractivity contribution >= 4 is 18.0 Å². The Morgan fingerprint density at radius 2 is 2.05 bits per heavy atom. The van der Waals surface area contributed by atoms with E-state index < -0.39 is 4.75 Å². The average molecular weight is 288 g/mol. The summed E-state index contributed by atoms with van der Waals surface area (Å²) in [6.07, 6.45) is 7.87. The summed E-state index contributed by atoms with van der Waals surface area (Å²) < 4.78 is 4.71. The highest BCUT2D eigenvalue weighted by Gasteiger charge is 2.20. The molecule has 0 N–H and O–H groups in total. The molecule has 0 saturated carbocycles. The lowest BCUT2D eigenvalue weighted by Crippen LogP contribution is -2.15. The van der Waals surface area contributed by atoms with Gasteiger partial charge in [0.2, 0.25) is 0 Å². The first-order valence-corrected chi connectivity index (χ1v) is 6.96. The lowest BCUT2D eigenvalue weighted by Gasteiger charge is -2.18. The molecular formula is C15H16N2O2S. The van der Waals surface area contributed by atoms with Gasteiger partial charge in [0.1, 0.15) is 12.0 Å². The normalized spacial score (nSPS) is 11.2. The van der Waals surface area contributed by atoms with Gasteiger partial charge >= 0.3 is 0 Å². The number of ether oxygens (including phenoxy) is 1. The Hall–Kier alpha value is -1.88. The molecule has 0 spiro atoms. The van der Waals surface area contributed by atoms with Crippen LogP contribution in [0.3, 0.4) is 0 Å². The summed E-state index contributed by atoms with van der Waals surface area (Å²) in [6, 6.07) is 3.81. The maximum Gasteiger partial charge on any atom is 0.137 e. The second kappa shape index (κ2) is 6.05. The number of hydrogen-bond acceptors (Lipinski definition) is 5. The standard InChI is InChI=1S/C15H16N2O2S/c1-15(2,10-18)20-14-4-5-16-9-13(14)11-6-12(19-3)8-17-7-11/h4-10H,1-3H3. The summed E-state index contributed by atoms with van der Waals surface area (Å²) in [4.78, 5) is 20.4. The van der Waals surface area contributed by atoms with Gasteiger partial charge in [0.25, 0.3) is 0 Å². The van der Waals surface area contributed by atoms with E-state index in [1.807, 2.05) is 26.0 Å². The summed E-state index contributed by atoms with van der Waals surface area (Å²) in [6.45, 7) is 3.78. The van der Waals surface area contributed by atoms with E-state index in [1.165, 1.54) is 11.8 Å². The summed E-state index contributed by atoms with van der Waals surface area (Å²) >= 11 is 1.50. The number of aromatic nitrogens is 2. The Morgan fingerprint density at radius 1 is 1.25 bits per heavy atom. The van der Waals surface area contributed by atoms with E-state index in [0.717, 1.165) is 22.3 Å². The highest BCUT2D eigenvalue weighted by atomic mass is 32.2. The van der Waals surface area contributed by atoms with Crippen molar-refractivity contribution in [2.75, 3.05) is 7.11 Å². The van der Waals surface area contributed by atoms with Gasteiger partial charge in [-0.15, -0.1) is 11.8 Å². The molecule has 0 amide bonds. The molecule has 0 unspecified atom stereocenters. The third-order valence-electron chi connectivity index (χ3n) is 2.70. The molecule has 2 rings (SSSR count). The minimum Gasteiger partial charge on any atom is -0.495 e. The van der Waals surface area contributed by atoms with E-state index in [2.05, 4.69) is 9.97 Å². The zero-order valence-electron chi connectivity index (χ0n) is 11.7. The first-order chi connectivity index (χ1) is 9.55. The lowest BCUT2D eigenvalue weighted by molar-refractivity contribution is -0.109. The smallest absolute Gasteiger partial charge is 0.137 e. The van der Waals surface area contributed by atoms with Gasteiger partial charge in [-0.3, -0.25) is 9.97 Å². The molecule has 0 aliphatic rings. The van der Waals surface area contributed by atoms with Gasteiger partial charge in [0.15, 0.2) is 0 Å². The van der Waals surface area contributed by atoms with E-state index in [-0.39, 0.29) is 0 Å². The van der Waals surface area contributed by atoms with Crippen molar-refractivity contribution in [3.05, 3.63) is 36.9 Å². The molecular weight excluding hydrogens is 272 g/mol. The summed E-state index contributed by atoms with van der Waals surface area (Å²) in [5.41, 5.74) is 1.86. The Kier molecular flexibility index (Phi) is 4.39. The molecule has 2 aromatic rings. The monoisotopic (exact) mass is 288 g/mol. The van der Waals surface area contributed by atoms with E-state index in [1.54, 1.807) is 31.9 Å². The number of methoxy groups -OCH3 is 1. The summed E-state index contributed by atoms with van der Waals surface area (Å²) in [7, 11) is 1.61. The van der Waals surface area contributed by atoms with Crippen LogP contribution < -0.4 is 4.74 Å². The lowest BCUT2D eigenvalue weighted by atomic mass is 10.1. The van der Waals surface area contributed by atoms with Crippen LogP contribution in [-0.2, 0) is 4.79 Å². The number of thioether (sulfide) groups is 1. The van der Waals surface area contributed by atoms with Crippen LogP contribution in [0.5, 0.6) is 5.75 Å². The molecule has 4 nitrogen and oxygen atoms in total. The first kappa shape index (κ1) is 14.5. The Morgan fingerprint density at radius 3 is 2.75 bits per heavy atom. The van der Waals surface area contributed by atoms with Crippen molar-refractivity contribution in [1.29, 1.82) is 0 Å². The van der Waals surface area contributed by atoms with E-state index in [9.17, 15) is 4.79 Å². The van der Waals surface area contributed by atoms with Crippen molar-refractivity contribution in [2.45, 2.75) is 23.5 Å². The van der Waals surface area contributed by atoms with E-state index in [4.69, 9.17) is 4.74 Å². The average Bonchev–Trinajstić information content (AvgIpc) is 2.47. The molecule has 0 bridgehead atoms. The third-order valence-corrected chi connectivity index (χ3v) is 3.90. The van der Waals surface area contributed by atoms with E-state index >= 15 is 0 Å². The van der Waals surface area contributed by atoms with Gasteiger partial charge < -0.3 is 9.53 Å². The van der Waals surface area contributed by atoms with Gasteiger partial charge in [-0.1, -0.05) is 0 Å². The van der Waals surface area contributed by atoms with Crippen molar-refractivity contribution in [1.82, 2.24) is 9.97 Å². The van der Waals surface area contributed by atoms with Gasteiger partial charge in [-0.25, -0.2) is 0 Å². The molecule has 0 radical (unpaired) electrons. The SMILES string of the molecule is COc1cncc(-c2cnccc2SC(C)(C)C=O)c1. The highest BCUT2D eigenvalue weighted by molar-refractivity contribution is 8.01. The first-order valence-electron chi connectivity index (χ1n) is 6.14. The fourth-order valence-corrected chi connectivity index (χ4v) is 2.70. The minimum atomic E-state index is -0.484. The second-order valence-electron chi connectivity index (χ2n) is 4.81. The van der Waals surface area contributed by atoms with Crippen LogP contribution in [-0.4, -0.2) is 28.1 Å². The van der Waals surface area contributed by atoms with Crippen molar-refractivity contribution < 1.29 is 9.53 Å². The predicted octanol–water partition coefficient (Wildman–Crippen LogP) is 3.22. The molecule has 2 aromatic heterocycles. The number of carbonyl (C=O) groups is 1. The van der Waals surface area contributed by atoms with Gasteiger partial charge in [-0.05, 0) is 26.0 Å². The second-order valence-corrected chi connectivity index (χ2v) is 6.50. The summed E-state index contributed by atoms with van der Waals surface area (Å²) in [5.74, 6) is 0.692. The molecule has 0 saturated heterocycles. The van der Waals surface area contributed by atoms with Gasteiger partial charge in [0.05, 0.1) is 18.1 Å². The molecule has 0 atom stereocenters. The maximum atomic E-state index is 11.1. The van der Waals surface area contributed by atoms with Crippen LogP contribution in [0.15, 0.2) is 41.8 Å². The number of aldehydes is 1. The van der Waals surface area contributed by atoms with E-state index in [0.29, 0.717) is 5.75 Å². The van der Waals surface area contributed by atoms with Crippen LogP contribution in [0, 0.1) is 0 Å². The number of rotatable bonds is 5. The predicted molar refractivity (Wildman–Crippen MR) is 80.0 cm³/mol. The molecule has 20 heavy (non-hydrogen) atoms. The Balaban J connectivity index is 2.43. The highest BCUT2D eigenvalue weighted by Crippen LogP contribution is 2.37. The fraction of sp³-hybridized carbons (Fsp3) is 0.267. The zero-order chi connectivity index (χ0) is 14.6. The van der Waals surface area contributed by atoms with Gasteiger partial charge in [-0.2, -0.15) is 0 Å². The largest absolute Gasteiger partial charge is 0.495 e. The minimum absolute atomic E-state index is 0.484. The molecule has 104 valence electrons. The molecule has 0 aromatic carbocycles. The van der Waals surface area contributed by atoms with Crippen molar-refractivity contribution in [2.24, 2.45) is 0 Å². The molecule has 0 aliphatic carbocycles. The number of nitrogens with zero attached hydrogens (tertiary/aromatic N) is 2. The number of hydrogen-bond donors (Lipinski definition) is 0. The number of pyridine rings is 2. The van der Waals surface area contributed by atoms with Crippen LogP contribution in [0.25, 0.3) is 11.1 Å². The van der Waals surface area contributed by atoms with Gasteiger partial charge in [0, 0.05) is 34.6 Å². The van der Waals surface area contributed by atoms with Crippen LogP contribution in [0.4, 0.5) is 0 Å². The molecule has 5 heteroatoms. The molecule has 0 fully saturated rings. The van der Waals surface area contributed by atoms with Crippen LogP contribution in [0.1, 0.15) is 13.8 Å². The third kappa shape index (κ3) is 3.36. The maximum absolute atomic E-state index is 11.1. The zero-order valence-corrected chi connectivity index (χ0v) is 12.5. The molecule has 0 aliphatic heterocycles.